The molecule has 0 amide bonds. The van der Waals surface area contributed by atoms with Crippen LogP contribution in [0.1, 0.15) is 0 Å². The van der Waals surface area contributed by atoms with Crippen LogP contribution >= 0.6 is 12.2 Å². The molecule has 0 aliphatic carbocycles. The molecule has 0 aromatic rings. The summed E-state index contributed by atoms with van der Waals surface area (Å²) in [5.74, 6) is 4.08. The Kier molecular flexibility index (Phi) is 75.3. The normalized spacial score (nSPS) is 1.00. The molecule has 0 atom stereocenters. The molecule has 4 heavy (non-hydrogen) atoms. The minimum absolute atomic E-state index is 0. The van der Waals surface area contributed by atoms with E-state index in [0.717, 1.165) is 0 Å². The number of rotatable bonds is 0. The van der Waals surface area contributed by atoms with Crippen LogP contribution < -0.4 is 0 Å². The third kappa shape index (κ3) is 8.85. The fourth-order valence-electron chi connectivity index (χ4n) is 0. The Labute approximate surface area is 81.9 Å². The Balaban J connectivity index is -0.00000000500. The van der Waals surface area contributed by atoms with E-state index < -0.39 is 0 Å². The summed E-state index contributed by atoms with van der Waals surface area (Å²) in [6.45, 7) is 0. The van der Waals surface area contributed by atoms with Gasteiger partial charge in [-0.2, -0.15) is 0 Å². The first-order chi connectivity index (χ1) is 1.00. The van der Waals surface area contributed by atoms with E-state index in [9.17, 15) is 0 Å². The molecule has 0 aromatic heterocycles. The van der Waals surface area contributed by atoms with Gasteiger partial charge in [-0.1, -0.05) is 0 Å². The molecular formula is CHSY2-. The van der Waals surface area contributed by atoms with Crippen molar-refractivity contribution in [1.29, 1.82) is 0 Å². The fourth-order valence-corrected chi connectivity index (χ4v) is 0. The summed E-state index contributed by atoms with van der Waals surface area (Å²) in [5, 5.41) is 0. The summed E-state index contributed by atoms with van der Waals surface area (Å²) < 4.78 is 0. The van der Waals surface area contributed by atoms with Gasteiger partial charge in [0.25, 0.3) is 0 Å². The Morgan fingerprint density at radius 3 is 1.00 bits per heavy atom. The van der Waals surface area contributed by atoms with Crippen LogP contribution in [0.25, 0.3) is 0 Å². The quantitative estimate of drug-likeness (QED) is 0.425. The molecule has 2 radical (unpaired) electrons. The summed E-state index contributed by atoms with van der Waals surface area (Å²) in [5.41, 5.74) is 0. The monoisotopic (exact) mass is 223 g/mol. The van der Waals surface area contributed by atoms with Crippen molar-refractivity contribution in [2.75, 3.05) is 0 Å². The number of hydrogen-bond donors (Lipinski definition) is 0. The average Bonchev–Trinajstić information content (AvgIpc) is 1.00. The summed E-state index contributed by atoms with van der Waals surface area (Å²) in [7, 11) is 0. The van der Waals surface area contributed by atoms with E-state index in [4.69, 9.17) is 0 Å². The largest absolute Gasteiger partial charge is 0.442 e. The Hall–Kier alpha value is 2.30. The number of thiocarbonyl (C=S) groups is 1. The molecule has 0 heterocycles. The molecule has 18 valence electrons. The van der Waals surface area contributed by atoms with Crippen LogP contribution in [0.4, 0.5) is 0 Å². The van der Waals surface area contributed by atoms with Gasteiger partial charge in [0.2, 0.25) is 0 Å². The predicted octanol–water partition coefficient (Wildman–Crippen LogP) is 0.488. The van der Waals surface area contributed by atoms with Crippen molar-refractivity contribution in [2.45, 2.75) is 0 Å². The van der Waals surface area contributed by atoms with Gasteiger partial charge in [0.05, 0.1) is 0 Å². The minimum atomic E-state index is 0. The summed E-state index contributed by atoms with van der Waals surface area (Å²) in [6, 6.07) is 0. The second-order valence-corrected chi connectivity index (χ2v) is 0. The van der Waals surface area contributed by atoms with E-state index in [-0.39, 0.29) is 65.4 Å². The maximum Gasteiger partial charge on any atom is 0 e. The molecule has 0 bridgehead atoms. The molecule has 0 aliphatic heterocycles. The molecule has 0 saturated heterocycles. The first-order valence-electron chi connectivity index (χ1n) is 0.236. The minimum Gasteiger partial charge on any atom is -0.442 e. The standard InChI is InChI=1S/CHS.2Y/c1-2;;/h1H;;/q-1;;. The van der Waals surface area contributed by atoms with Gasteiger partial charge >= 0.3 is 0 Å². The first kappa shape index (κ1) is 16.3. The van der Waals surface area contributed by atoms with E-state index in [0.29, 0.717) is 0 Å². The first-order valence-corrected chi connectivity index (χ1v) is 0.707. The Morgan fingerprint density at radius 2 is 1.00 bits per heavy atom. The average molecular weight is 223 g/mol. The van der Waals surface area contributed by atoms with E-state index >= 15 is 0 Å². The van der Waals surface area contributed by atoms with Crippen LogP contribution in [-0.4, -0.2) is 5.87 Å². The maximum absolute atomic E-state index is 4.08. The van der Waals surface area contributed by atoms with Crippen LogP contribution in [0.3, 0.4) is 0 Å². The van der Waals surface area contributed by atoms with E-state index in [1.165, 1.54) is 0 Å². The molecule has 0 unspecified atom stereocenters. The van der Waals surface area contributed by atoms with E-state index in [2.05, 4.69) is 18.1 Å². The molecule has 0 spiro atoms. The van der Waals surface area contributed by atoms with Gasteiger partial charge in [0.15, 0.2) is 0 Å². The molecule has 0 nitrogen and oxygen atoms in total. The summed E-state index contributed by atoms with van der Waals surface area (Å²) >= 11 is 3.58. The second-order valence-electron chi connectivity index (χ2n) is 0. The van der Waals surface area contributed by atoms with Crippen LogP contribution in [0.2, 0.25) is 0 Å². The zero-order valence-electron chi connectivity index (χ0n) is 2.14. The van der Waals surface area contributed by atoms with Gasteiger partial charge in [-0.25, -0.2) is 0 Å². The Bertz CT molecular complexity index is 6.00. The van der Waals surface area contributed by atoms with Gasteiger partial charge in [0.1, 0.15) is 0 Å². The van der Waals surface area contributed by atoms with Crippen molar-refractivity contribution in [2.24, 2.45) is 0 Å². The predicted molar refractivity (Wildman–Crippen MR) is 13.7 cm³/mol. The third-order valence-electron chi connectivity index (χ3n) is 0. The molecule has 0 rings (SSSR count). The van der Waals surface area contributed by atoms with Gasteiger partial charge in [0, 0.05) is 65.4 Å². The van der Waals surface area contributed by atoms with Gasteiger partial charge in [-0.3, -0.25) is 0 Å². The van der Waals surface area contributed by atoms with Gasteiger partial charge in [-0.05, 0) is 0 Å². The van der Waals surface area contributed by atoms with E-state index in [1.807, 2.05) is 0 Å². The molecule has 0 aliphatic rings. The zero-order valence-corrected chi connectivity index (χ0v) is 8.63. The van der Waals surface area contributed by atoms with Crippen molar-refractivity contribution in [3.63, 3.8) is 0 Å². The third-order valence-corrected chi connectivity index (χ3v) is 0. The van der Waals surface area contributed by atoms with Crippen LogP contribution in [0.15, 0.2) is 0 Å². The van der Waals surface area contributed by atoms with Gasteiger partial charge < -0.3 is 18.1 Å². The summed E-state index contributed by atoms with van der Waals surface area (Å²) in [4.78, 5) is 0. The molecule has 3 heteroatoms. The second kappa shape index (κ2) is 18.5. The smallest absolute Gasteiger partial charge is 0 e. The van der Waals surface area contributed by atoms with Crippen LogP contribution in [0.5, 0.6) is 0 Å². The van der Waals surface area contributed by atoms with Crippen LogP contribution in [0, 0.1) is 0 Å². The van der Waals surface area contributed by atoms with Crippen molar-refractivity contribution in [3.8, 4) is 0 Å². The molecule has 0 saturated carbocycles. The number of hydrogen-bond acceptors (Lipinski definition) is 1. The molecular weight excluding hydrogens is 222 g/mol. The molecule has 0 N–H and O–H groups in total. The topological polar surface area (TPSA) is 0 Å². The zero-order chi connectivity index (χ0) is 2.00. The van der Waals surface area contributed by atoms with Crippen molar-refractivity contribution >= 4 is 18.1 Å². The van der Waals surface area contributed by atoms with Gasteiger partial charge in [-0.15, -0.1) is 0 Å². The van der Waals surface area contributed by atoms with Crippen molar-refractivity contribution in [1.82, 2.24) is 0 Å². The van der Waals surface area contributed by atoms with Crippen molar-refractivity contribution in [3.05, 3.63) is 0 Å². The van der Waals surface area contributed by atoms with E-state index in [1.54, 1.807) is 0 Å². The van der Waals surface area contributed by atoms with Crippen molar-refractivity contribution < 1.29 is 65.4 Å². The SMILES string of the molecule is [CH-]=S.[Y].[Y]. The molecule has 0 aromatic carbocycles. The molecule has 0 fully saturated rings. The fraction of sp³-hybridized carbons (Fsp3) is 0. The summed E-state index contributed by atoms with van der Waals surface area (Å²) in [6.07, 6.45) is 0. The van der Waals surface area contributed by atoms with Crippen LogP contribution in [-0.2, 0) is 65.4 Å². The Morgan fingerprint density at radius 1 is 1.00 bits per heavy atom. The maximum atomic E-state index is 4.08.